The number of sulfone groups is 1. The molecule has 2 rings (SSSR count). The number of halogens is 1. The predicted molar refractivity (Wildman–Crippen MR) is 97.2 cm³/mol. The van der Waals surface area contributed by atoms with Gasteiger partial charge in [0.2, 0.25) is 0 Å². The first-order chi connectivity index (χ1) is 10.9. The monoisotopic (exact) mass is 377 g/mol. The molecule has 1 aliphatic rings. The van der Waals surface area contributed by atoms with Crippen LogP contribution < -0.4 is 5.32 Å². The van der Waals surface area contributed by atoms with Gasteiger partial charge in [-0.3, -0.25) is 0 Å². The summed E-state index contributed by atoms with van der Waals surface area (Å²) in [5.74, 6) is 1.45. The van der Waals surface area contributed by atoms with Crippen molar-refractivity contribution in [1.82, 2.24) is 5.32 Å². The molecule has 0 bridgehead atoms. The van der Waals surface area contributed by atoms with Gasteiger partial charge < -0.3 is 10.1 Å². The second kappa shape index (κ2) is 8.72. The molecule has 4 nitrogen and oxygen atoms in total. The molecule has 1 aromatic carbocycles. The van der Waals surface area contributed by atoms with Gasteiger partial charge in [0.05, 0.1) is 16.2 Å². The van der Waals surface area contributed by atoms with Gasteiger partial charge in [-0.1, -0.05) is 11.6 Å². The number of benzene rings is 1. The lowest BCUT2D eigenvalue weighted by Crippen LogP contribution is -2.43. The van der Waals surface area contributed by atoms with E-state index >= 15 is 0 Å². The molecule has 2 atom stereocenters. The Morgan fingerprint density at radius 1 is 1.30 bits per heavy atom. The molecule has 1 N–H and O–H groups in total. The topological polar surface area (TPSA) is 55.4 Å². The minimum absolute atomic E-state index is 0.0141. The van der Waals surface area contributed by atoms with Gasteiger partial charge in [-0.25, -0.2) is 8.42 Å². The summed E-state index contributed by atoms with van der Waals surface area (Å²) in [5, 5.41) is 3.54. The minimum Gasteiger partial charge on any atom is -0.379 e. The molecule has 1 unspecified atom stereocenters. The van der Waals surface area contributed by atoms with Crippen LogP contribution in [-0.4, -0.2) is 50.5 Å². The first-order valence-electron chi connectivity index (χ1n) is 7.83. The van der Waals surface area contributed by atoms with Crippen LogP contribution in [0.3, 0.4) is 0 Å². The minimum atomic E-state index is -3.33. The maximum atomic E-state index is 12.8. The number of thioether (sulfide) groups is 1. The molecule has 1 aliphatic heterocycles. The number of nitrogens with one attached hydrogen (secondary N) is 1. The van der Waals surface area contributed by atoms with Gasteiger partial charge in [-0.15, -0.1) is 0 Å². The second-order valence-corrected chi connectivity index (χ2v) is 9.59. The zero-order valence-corrected chi connectivity index (χ0v) is 15.9. The molecular weight excluding hydrogens is 354 g/mol. The Morgan fingerprint density at radius 3 is 2.65 bits per heavy atom. The highest BCUT2D eigenvalue weighted by Gasteiger charge is 2.38. The Bertz CT molecular complexity index is 590. The quantitative estimate of drug-likeness (QED) is 0.706. The summed E-state index contributed by atoms with van der Waals surface area (Å²) in [4.78, 5) is 0.351. The normalized spacial score (nSPS) is 21.9. The molecule has 0 radical (unpaired) electrons. The van der Waals surface area contributed by atoms with Gasteiger partial charge in [-0.05, 0) is 51.1 Å². The third kappa shape index (κ3) is 5.36. The molecule has 23 heavy (non-hydrogen) atoms. The highest BCUT2D eigenvalue weighted by Crippen LogP contribution is 2.29. The molecule has 0 aromatic heterocycles. The highest BCUT2D eigenvalue weighted by atomic mass is 35.5. The smallest absolute Gasteiger partial charge is 0.183 e. The van der Waals surface area contributed by atoms with Crippen LogP contribution >= 0.6 is 23.4 Å². The largest absolute Gasteiger partial charge is 0.379 e. The van der Waals surface area contributed by atoms with Crippen molar-refractivity contribution in [3.05, 3.63) is 29.3 Å². The fourth-order valence-corrected chi connectivity index (χ4v) is 6.46. The van der Waals surface area contributed by atoms with Crippen LogP contribution in [0.25, 0.3) is 0 Å². The SMILES string of the molecule is CC(C)OCCCN[C@H]1CSCC1S(=O)(=O)c1ccc(Cl)cc1. The second-order valence-electron chi connectivity index (χ2n) is 5.91. The van der Waals surface area contributed by atoms with Crippen molar-refractivity contribution >= 4 is 33.2 Å². The van der Waals surface area contributed by atoms with Crippen LogP contribution in [0.1, 0.15) is 20.3 Å². The van der Waals surface area contributed by atoms with Gasteiger partial charge in [0, 0.05) is 29.2 Å². The fourth-order valence-electron chi connectivity index (χ4n) is 2.51. The van der Waals surface area contributed by atoms with E-state index in [1.807, 2.05) is 13.8 Å². The summed E-state index contributed by atoms with van der Waals surface area (Å²) < 4.78 is 31.1. The van der Waals surface area contributed by atoms with Crippen LogP contribution in [0.5, 0.6) is 0 Å². The molecule has 1 aromatic rings. The summed E-state index contributed by atoms with van der Waals surface area (Å²) in [6.07, 6.45) is 1.11. The van der Waals surface area contributed by atoms with E-state index in [-0.39, 0.29) is 17.4 Å². The number of rotatable bonds is 8. The molecule has 0 spiro atoms. The predicted octanol–water partition coefficient (Wildman–Crippen LogP) is 3.00. The van der Waals surface area contributed by atoms with Crippen molar-refractivity contribution in [1.29, 1.82) is 0 Å². The van der Waals surface area contributed by atoms with Crippen LogP contribution in [0.4, 0.5) is 0 Å². The first-order valence-corrected chi connectivity index (χ1v) is 10.9. The molecule has 130 valence electrons. The first kappa shape index (κ1) is 19.1. The Labute approximate surface area is 148 Å². The summed E-state index contributed by atoms with van der Waals surface area (Å²) in [6, 6.07) is 6.42. The van der Waals surface area contributed by atoms with Crippen molar-refractivity contribution in [2.24, 2.45) is 0 Å². The maximum Gasteiger partial charge on any atom is 0.183 e. The van der Waals surface area contributed by atoms with Crippen LogP contribution in [0.15, 0.2) is 29.2 Å². The molecule has 1 fully saturated rings. The Balaban J connectivity index is 1.93. The van der Waals surface area contributed by atoms with Gasteiger partial charge in [0.15, 0.2) is 9.84 Å². The van der Waals surface area contributed by atoms with Crippen LogP contribution in [-0.2, 0) is 14.6 Å². The molecule has 0 saturated carbocycles. The summed E-state index contributed by atoms with van der Waals surface area (Å²) >= 11 is 7.53. The Hall–Kier alpha value is -0.270. The van der Waals surface area contributed by atoms with Crippen molar-refractivity contribution in [3.8, 4) is 0 Å². The van der Waals surface area contributed by atoms with E-state index in [1.165, 1.54) is 0 Å². The average molecular weight is 378 g/mol. The molecule has 0 amide bonds. The standard InChI is InChI=1S/C16H24ClNO3S2/c1-12(2)21-9-3-8-18-15-10-22-11-16(15)23(19,20)14-6-4-13(17)5-7-14/h4-7,12,15-16,18H,3,8-11H2,1-2H3/t15-,16?/m0/s1. The Morgan fingerprint density at radius 2 is 2.00 bits per heavy atom. The van der Waals surface area contributed by atoms with Crippen molar-refractivity contribution in [2.45, 2.75) is 42.6 Å². The number of hydrogen-bond donors (Lipinski definition) is 1. The fraction of sp³-hybridized carbons (Fsp3) is 0.625. The van der Waals surface area contributed by atoms with Crippen LogP contribution in [0, 0.1) is 0 Å². The maximum absolute atomic E-state index is 12.8. The lowest BCUT2D eigenvalue weighted by molar-refractivity contribution is 0.0768. The van der Waals surface area contributed by atoms with Gasteiger partial charge in [0.1, 0.15) is 0 Å². The third-order valence-electron chi connectivity index (χ3n) is 3.75. The summed E-state index contributed by atoms with van der Waals surface area (Å²) in [5.41, 5.74) is 0. The van der Waals surface area contributed by atoms with Crippen LogP contribution in [0.2, 0.25) is 5.02 Å². The van der Waals surface area contributed by atoms with Gasteiger partial charge >= 0.3 is 0 Å². The molecule has 1 saturated heterocycles. The molecule has 1 heterocycles. The third-order valence-corrected chi connectivity index (χ3v) is 7.62. The van der Waals surface area contributed by atoms with Crippen molar-refractivity contribution in [2.75, 3.05) is 24.7 Å². The van der Waals surface area contributed by atoms with E-state index in [4.69, 9.17) is 16.3 Å². The summed E-state index contributed by atoms with van der Waals surface area (Å²) in [7, 11) is -3.33. The van der Waals surface area contributed by atoms with Crippen molar-refractivity contribution in [3.63, 3.8) is 0 Å². The van der Waals surface area contributed by atoms with E-state index in [2.05, 4.69) is 5.32 Å². The van der Waals surface area contributed by atoms with E-state index in [0.717, 1.165) is 18.7 Å². The summed E-state index contributed by atoms with van der Waals surface area (Å²) in [6.45, 7) is 5.48. The number of ether oxygens (including phenoxy) is 1. The lowest BCUT2D eigenvalue weighted by Gasteiger charge is -2.21. The average Bonchev–Trinajstić information content (AvgIpc) is 2.96. The van der Waals surface area contributed by atoms with Gasteiger partial charge in [-0.2, -0.15) is 11.8 Å². The molecular formula is C16H24ClNO3S2. The van der Waals surface area contributed by atoms with E-state index in [9.17, 15) is 8.42 Å². The molecule has 0 aliphatic carbocycles. The molecule has 7 heteroatoms. The van der Waals surface area contributed by atoms with Gasteiger partial charge in [0.25, 0.3) is 0 Å². The van der Waals surface area contributed by atoms with E-state index in [1.54, 1.807) is 36.0 Å². The number of hydrogen-bond acceptors (Lipinski definition) is 5. The highest BCUT2D eigenvalue weighted by molar-refractivity contribution is 8.01. The van der Waals surface area contributed by atoms with E-state index < -0.39 is 9.84 Å². The van der Waals surface area contributed by atoms with E-state index in [0.29, 0.717) is 22.3 Å². The lowest BCUT2D eigenvalue weighted by atomic mass is 10.2. The zero-order valence-electron chi connectivity index (χ0n) is 13.5. The van der Waals surface area contributed by atoms with Crippen molar-refractivity contribution < 1.29 is 13.2 Å². The Kier molecular flexibility index (Phi) is 7.22. The zero-order chi connectivity index (χ0) is 16.9.